The maximum atomic E-state index is 12.9. The minimum Gasteiger partial charge on any atom is -0.312 e. The number of carbonyl (C=O) groups excluding carboxylic acids is 1. The van der Waals surface area contributed by atoms with Gasteiger partial charge in [-0.1, -0.05) is 12.8 Å². The molecule has 1 saturated heterocycles. The molecular weight excluding hydrogens is 424 g/mol. The van der Waals surface area contributed by atoms with Gasteiger partial charge >= 0.3 is 0 Å². The van der Waals surface area contributed by atoms with Crippen molar-refractivity contribution in [2.75, 3.05) is 30.3 Å². The maximum Gasteiger partial charge on any atom is 0.243 e. The highest BCUT2D eigenvalue weighted by Crippen LogP contribution is 2.32. The molecule has 0 radical (unpaired) electrons. The fourth-order valence-electron chi connectivity index (χ4n) is 4.85. The zero-order valence-electron chi connectivity index (χ0n) is 17.3. The number of amides is 1. The predicted octanol–water partition coefficient (Wildman–Crippen LogP) is 2.50. The Bertz CT molecular complexity index is 1010. The van der Waals surface area contributed by atoms with E-state index in [1.807, 2.05) is 0 Å². The summed E-state index contributed by atoms with van der Waals surface area (Å²) in [5.41, 5.74) is 1.55. The molecule has 166 valence electrons. The topological polar surface area (TPSA) is 91.8 Å². The van der Waals surface area contributed by atoms with Gasteiger partial charge in [0.2, 0.25) is 15.9 Å². The molecule has 7 nitrogen and oxygen atoms in total. The van der Waals surface area contributed by atoms with Crippen molar-refractivity contribution in [2.45, 2.75) is 67.9 Å². The van der Waals surface area contributed by atoms with Crippen LogP contribution < -0.4 is 4.90 Å². The van der Waals surface area contributed by atoms with E-state index in [1.165, 1.54) is 4.31 Å². The van der Waals surface area contributed by atoms with Crippen molar-refractivity contribution >= 4 is 31.5 Å². The van der Waals surface area contributed by atoms with Gasteiger partial charge in [-0.25, -0.2) is 16.8 Å². The minimum atomic E-state index is -3.50. The Kier molecular flexibility index (Phi) is 6.23. The number of rotatable bonds is 6. The largest absolute Gasteiger partial charge is 0.312 e. The molecule has 0 spiro atoms. The van der Waals surface area contributed by atoms with Crippen molar-refractivity contribution in [1.29, 1.82) is 0 Å². The van der Waals surface area contributed by atoms with Crippen LogP contribution in [0.25, 0.3) is 0 Å². The number of carbonyl (C=O) groups is 1. The highest BCUT2D eigenvalue weighted by molar-refractivity contribution is 7.92. The van der Waals surface area contributed by atoms with Gasteiger partial charge in [0.25, 0.3) is 0 Å². The van der Waals surface area contributed by atoms with E-state index in [0.717, 1.165) is 37.7 Å². The van der Waals surface area contributed by atoms with E-state index in [2.05, 4.69) is 0 Å². The minimum absolute atomic E-state index is 0.0217. The van der Waals surface area contributed by atoms with Crippen molar-refractivity contribution in [3.8, 4) is 0 Å². The quantitative estimate of drug-likeness (QED) is 0.659. The number of sulfonamides is 1. The van der Waals surface area contributed by atoms with Gasteiger partial charge in [0.1, 0.15) is 0 Å². The van der Waals surface area contributed by atoms with Crippen molar-refractivity contribution < 1.29 is 21.6 Å². The van der Waals surface area contributed by atoms with Gasteiger partial charge in [-0.3, -0.25) is 4.79 Å². The molecule has 9 heteroatoms. The lowest BCUT2D eigenvalue weighted by Crippen LogP contribution is -2.37. The van der Waals surface area contributed by atoms with Gasteiger partial charge in [-0.05, 0) is 62.3 Å². The van der Waals surface area contributed by atoms with Gasteiger partial charge in [-0.2, -0.15) is 4.31 Å². The van der Waals surface area contributed by atoms with Crippen LogP contribution >= 0.6 is 0 Å². The number of benzene rings is 1. The number of anilines is 1. The van der Waals surface area contributed by atoms with Crippen LogP contribution in [0.1, 0.15) is 56.9 Å². The van der Waals surface area contributed by atoms with Crippen LogP contribution in [-0.2, 0) is 31.1 Å². The second kappa shape index (κ2) is 8.59. The van der Waals surface area contributed by atoms with E-state index in [1.54, 1.807) is 23.1 Å². The number of hydrogen-bond donors (Lipinski definition) is 0. The summed E-state index contributed by atoms with van der Waals surface area (Å²) in [7, 11) is -6.74. The van der Waals surface area contributed by atoms with Crippen molar-refractivity contribution in [2.24, 2.45) is 0 Å². The molecule has 2 aliphatic heterocycles. The van der Waals surface area contributed by atoms with Crippen LogP contribution in [0.4, 0.5) is 5.69 Å². The van der Waals surface area contributed by atoms with Gasteiger partial charge < -0.3 is 4.90 Å². The van der Waals surface area contributed by atoms with Gasteiger partial charge in [0, 0.05) is 31.7 Å². The van der Waals surface area contributed by atoms with Crippen LogP contribution in [0.2, 0.25) is 0 Å². The lowest BCUT2D eigenvalue weighted by Gasteiger charge is -2.30. The third-order valence-corrected chi connectivity index (χ3v) is 10.7. The van der Waals surface area contributed by atoms with E-state index in [9.17, 15) is 21.6 Å². The molecule has 0 N–H and O–H groups in total. The molecule has 0 aromatic heterocycles. The molecule has 1 saturated carbocycles. The summed E-state index contributed by atoms with van der Waals surface area (Å²) in [6, 6.07) is 4.98. The molecule has 1 aromatic carbocycles. The Labute approximate surface area is 179 Å². The van der Waals surface area contributed by atoms with Crippen LogP contribution in [0, 0.1) is 0 Å². The molecular formula is C21H30N2O5S2. The van der Waals surface area contributed by atoms with E-state index < -0.39 is 19.9 Å². The first-order valence-electron chi connectivity index (χ1n) is 10.9. The molecule has 0 atom stereocenters. The third kappa shape index (κ3) is 4.29. The second-order valence-electron chi connectivity index (χ2n) is 8.57. The average molecular weight is 455 g/mol. The van der Waals surface area contributed by atoms with Crippen molar-refractivity contribution in [3.63, 3.8) is 0 Å². The highest BCUT2D eigenvalue weighted by atomic mass is 32.2. The Morgan fingerprint density at radius 2 is 1.63 bits per heavy atom. The average Bonchev–Trinajstić information content (AvgIpc) is 3.46. The molecule has 0 bridgehead atoms. The van der Waals surface area contributed by atoms with Crippen LogP contribution in [-0.4, -0.2) is 57.7 Å². The standard InChI is InChI=1S/C21H30N2O5S2/c24-21(11-15-29(25,26)18-7-1-2-8-18)23-14-5-6-17-16-19(9-10-20(17)23)30(27,28)22-12-3-4-13-22/h9-10,16,18H,1-8,11-15H2. The molecule has 0 unspecified atom stereocenters. The number of hydrogen-bond acceptors (Lipinski definition) is 5. The SMILES string of the molecule is O=C(CCS(=O)(=O)C1CCCC1)N1CCCc2cc(S(=O)(=O)N3CCCC3)ccc21. The summed E-state index contributed by atoms with van der Waals surface area (Å²) in [4.78, 5) is 14.8. The zero-order chi connectivity index (χ0) is 21.4. The highest BCUT2D eigenvalue weighted by Gasteiger charge is 2.32. The molecule has 3 aliphatic rings. The molecule has 4 rings (SSSR count). The molecule has 1 aromatic rings. The lowest BCUT2D eigenvalue weighted by atomic mass is 10.0. The molecule has 2 fully saturated rings. The van der Waals surface area contributed by atoms with Crippen LogP contribution in [0.15, 0.2) is 23.1 Å². The first kappa shape index (κ1) is 21.8. The van der Waals surface area contributed by atoms with E-state index in [-0.39, 0.29) is 28.2 Å². The first-order chi connectivity index (χ1) is 14.3. The molecule has 1 amide bonds. The normalized spacial score (nSPS) is 21.1. The van der Waals surface area contributed by atoms with Gasteiger partial charge in [0.05, 0.1) is 15.9 Å². The van der Waals surface area contributed by atoms with Crippen molar-refractivity contribution in [1.82, 2.24) is 4.31 Å². The number of sulfone groups is 1. The van der Waals surface area contributed by atoms with Gasteiger partial charge in [-0.15, -0.1) is 0 Å². The molecule has 2 heterocycles. The van der Waals surface area contributed by atoms with E-state index in [4.69, 9.17) is 0 Å². The maximum absolute atomic E-state index is 12.9. The summed E-state index contributed by atoms with van der Waals surface area (Å²) in [5, 5.41) is -0.294. The summed E-state index contributed by atoms with van der Waals surface area (Å²) in [6.07, 6.45) is 6.50. The number of fused-ring (bicyclic) bond motifs is 1. The summed E-state index contributed by atoms with van der Waals surface area (Å²) in [5.74, 6) is -0.309. The Morgan fingerprint density at radius 3 is 2.33 bits per heavy atom. The fraction of sp³-hybridized carbons (Fsp3) is 0.667. The Balaban J connectivity index is 1.49. The van der Waals surface area contributed by atoms with E-state index >= 15 is 0 Å². The number of nitrogens with zero attached hydrogens (tertiary/aromatic N) is 2. The lowest BCUT2D eigenvalue weighted by molar-refractivity contribution is -0.118. The Morgan fingerprint density at radius 1 is 0.933 bits per heavy atom. The van der Waals surface area contributed by atoms with Crippen molar-refractivity contribution in [3.05, 3.63) is 23.8 Å². The summed E-state index contributed by atoms with van der Waals surface area (Å²) < 4.78 is 52.2. The smallest absolute Gasteiger partial charge is 0.243 e. The third-order valence-electron chi connectivity index (χ3n) is 6.58. The van der Waals surface area contributed by atoms with E-state index in [0.29, 0.717) is 44.6 Å². The molecule has 1 aliphatic carbocycles. The Hall–Kier alpha value is -1.45. The van der Waals surface area contributed by atoms with Crippen LogP contribution in [0.3, 0.4) is 0 Å². The van der Waals surface area contributed by atoms with Crippen LogP contribution in [0.5, 0.6) is 0 Å². The first-order valence-corrected chi connectivity index (χ1v) is 14.1. The predicted molar refractivity (Wildman–Crippen MR) is 116 cm³/mol. The summed E-state index contributed by atoms with van der Waals surface area (Å²) in [6.45, 7) is 1.65. The number of aryl methyl sites for hydroxylation is 1. The second-order valence-corrected chi connectivity index (χ2v) is 12.9. The summed E-state index contributed by atoms with van der Waals surface area (Å²) >= 11 is 0. The fourth-order valence-corrected chi connectivity index (χ4v) is 8.26. The zero-order valence-corrected chi connectivity index (χ0v) is 18.9. The molecule has 30 heavy (non-hydrogen) atoms. The van der Waals surface area contributed by atoms with Gasteiger partial charge in [0.15, 0.2) is 9.84 Å². The monoisotopic (exact) mass is 454 g/mol.